The summed E-state index contributed by atoms with van der Waals surface area (Å²) in [4.78, 5) is 0. The molecule has 0 aliphatic rings. The van der Waals surface area contributed by atoms with Gasteiger partial charge in [-0.3, -0.25) is 0 Å². The summed E-state index contributed by atoms with van der Waals surface area (Å²) in [6, 6.07) is 0. The maximum Gasteiger partial charge on any atom is 0.0401 e. The van der Waals surface area contributed by atoms with E-state index in [0.29, 0.717) is 0 Å². The van der Waals surface area contributed by atoms with Crippen molar-refractivity contribution in [3.05, 3.63) is 17.4 Å². The van der Waals surface area contributed by atoms with Crippen LogP contribution in [0, 0.1) is 12.3 Å². The Labute approximate surface area is 44.5 Å². The summed E-state index contributed by atoms with van der Waals surface area (Å²) in [7, 11) is 0. The van der Waals surface area contributed by atoms with Crippen molar-refractivity contribution in [2.45, 2.75) is 13.8 Å². The van der Waals surface area contributed by atoms with Crippen LogP contribution in [0.25, 0.3) is 0 Å². The van der Waals surface area contributed by atoms with Crippen molar-refractivity contribution in [2.24, 2.45) is 0 Å². The average molecular weight is 92.1 g/mol. The van der Waals surface area contributed by atoms with Crippen LogP contribution < -0.4 is 0 Å². The molecule has 0 amide bonds. The van der Waals surface area contributed by atoms with Crippen LogP contribution in [-0.4, -0.2) is 0 Å². The second kappa shape index (κ2) is 3.28. The molecule has 0 unspecified atom stereocenters. The van der Waals surface area contributed by atoms with Crippen molar-refractivity contribution < 1.29 is 0 Å². The standard InChI is InChI=1S/C7H8/c1-4-6-7(3)5-2/h2,4H,1,3H3. The van der Waals surface area contributed by atoms with Gasteiger partial charge < -0.3 is 0 Å². The molecule has 0 spiro atoms. The van der Waals surface area contributed by atoms with Crippen LogP contribution in [0.15, 0.2) is 17.4 Å². The lowest BCUT2D eigenvalue weighted by molar-refractivity contribution is 1.59. The molecule has 0 aromatic carbocycles. The molecule has 0 N–H and O–H groups in total. The molecule has 0 heterocycles. The third kappa shape index (κ3) is 2.89. The van der Waals surface area contributed by atoms with E-state index in [1.807, 2.05) is 13.8 Å². The summed E-state index contributed by atoms with van der Waals surface area (Å²) >= 11 is 0. The number of hydrogen-bond acceptors (Lipinski definition) is 0. The zero-order chi connectivity index (χ0) is 5.70. The molecule has 0 radical (unpaired) electrons. The predicted molar refractivity (Wildman–Crippen MR) is 31.8 cm³/mol. The Hall–Kier alpha value is -0.920. The topological polar surface area (TPSA) is 0 Å². The van der Waals surface area contributed by atoms with E-state index in [2.05, 4.69) is 11.7 Å². The first-order chi connectivity index (χ1) is 3.31. The zero-order valence-corrected chi connectivity index (χ0v) is 4.65. The highest BCUT2D eigenvalue weighted by Crippen LogP contribution is 1.81. The van der Waals surface area contributed by atoms with Gasteiger partial charge in [-0.25, -0.2) is 0 Å². The molecule has 0 nitrogen and oxygen atoms in total. The van der Waals surface area contributed by atoms with Gasteiger partial charge >= 0.3 is 0 Å². The summed E-state index contributed by atoms with van der Waals surface area (Å²) in [5, 5.41) is 0. The molecule has 0 rings (SSSR count). The largest absolute Gasteiger partial charge is 0.114 e. The molecule has 0 saturated carbocycles. The minimum atomic E-state index is 0.850. The minimum Gasteiger partial charge on any atom is -0.114 e. The van der Waals surface area contributed by atoms with Crippen LogP contribution in [0.5, 0.6) is 0 Å². The van der Waals surface area contributed by atoms with Gasteiger partial charge in [-0.05, 0) is 19.9 Å². The number of terminal acetylenes is 1. The molecule has 7 heavy (non-hydrogen) atoms. The van der Waals surface area contributed by atoms with Gasteiger partial charge in [0.05, 0.1) is 0 Å². The highest BCUT2D eigenvalue weighted by atomic mass is 13.7. The van der Waals surface area contributed by atoms with Gasteiger partial charge in [-0.2, -0.15) is 0 Å². The molecule has 0 aromatic heterocycles. The van der Waals surface area contributed by atoms with Gasteiger partial charge in [0.25, 0.3) is 0 Å². The Balaban J connectivity index is 4.10. The molecule has 0 atom stereocenters. The normalized spacial score (nSPS) is 5.86. The highest BCUT2D eigenvalue weighted by molar-refractivity contribution is 5.21. The van der Waals surface area contributed by atoms with E-state index >= 15 is 0 Å². The Morgan fingerprint density at radius 1 is 1.71 bits per heavy atom. The fourth-order valence-corrected chi connectivity index (χ4v) is 0.258. The SMILES string of the molecule is C#CC(C)=C=CC. The molecule has 0 fully saturated rings. The van der Waals surface area contributed by atoms with Crippen molar-refractivity contribution in [3.8, 4) is 12.3 Å². The van der Waals surface area contributed by atoms with E-state index in [9.17, 15) is 0 Å². The smallest absolute Gasteiger partial charge is 0.0401 e. The summed E-state index contributed by atoms with van der Waals surface area (Å²) < 4.78 is 0. The molecule has 0 aliphatic carbocycles. The van der Waals surface area contributed by atoms with Gasteiger partial charge in [0.1, 0.15) is 0 Å². The summed E-state index contributed by atoms with van der Waals surface area (Å²) in [5.41, 5.74) is 3.70. The van der Waals surface area contributed by atoms with Crippen molar-refractivity contribution in [3.63, 3.8) is 0 Å². The molecule has 0 saturated heterocycles. The lowest BCUT2D eigenvalue weighted by Crippen LogP contribution is -1.56. The minimum absolute atomic E-state index is 0.850. The molecular weight excluding hydrogens is 84.1 g/mol. The van der Waals surface area contributed by atoms with Crippen LogP contribution in [0.2, 0.25) is 0 Å². The average Bonchev–Trinajstić information content (AvgIpc) is 1.68. The lowest BCUT2D eigenvalue weighted by Gasteiger charge is -1.70. The van der Waals surface area contributed by atoms with Crippen LogP contribution in [0.3, 0.4) is 0 Å². The second-order valence-electron chi connectivity index (χ2n) is 1.20. The molecule has 0 aromatic rings. The second-order valence-corrected chi connectivity index (χ2v) is 1.20. The third-order valence-electron chi connectivity index (χ3n) is 0.577. The van der Waals surface area contributed by atoms with Gasteiger partial charge in [-0.1, -0.05) is 5.92 Å². The maximum atomic E-state index is 4.99. The number of rotatable bonds is 0. The maximum absolute atomic E-state index is 4.99. The van der Waals surface area contributed by atoms with Crippen molar-refractivity contribution in [1.82, 2.24) is 0 Å². The van der Waals surface area contributed by atoms with Gasteiger partial charge in [0, 0.05) is 5.57 Å². The first kappa shape index (κ1) is 6.08. The number of hydrogen-bond donors (Lipinski definition) is 0. The summed E-state index contributed by atoms with van der Waals surface area (Å²) in [6.07, 6.45) is 6.79. The summed E-state index contributed by atoms with van der Waals surface area (Å²) in [6.45, 7) is 3.74. The van der Waals surface area contributed by atoms with Crippen molar-refractivity contribution in [1.29, 1.82) is 0 Å². The lowest BCUT2D eigenvalue weighted by atomic mass is 10.3. The molecule has 36 valence electrons. The Bertz CT molecular complexity index is 138. The van der Waals surface area contributed by atoms with Crippen LogP contribution in [0.1, 0.15) is 13.8 Å². The Kier molecular flexibility index (Phi) is 2.85. The van der Waals surface area contributed by atoms with Crippen LogP contribution >= 0.6 is 0 Å². The first-order valence-electron chi connectivity index (χ1n) is 2.15. The van der Waals surface area contributed by atoms with E-state index in [4.69, 9.17) is 6.42 Å². The predicted octanol–water partition coefficient (Wildman–Crippen LogP) is 1.74. The zero-order valence-electron chi connectivity index (χ0n) is 4.65. The third-order valence-corrected chi connectivity index (χ3v) is 0.577. The fraction of sp³-hybridized carbons (Fsp3) is 0.286. The van der Waals surface area contributed by atoms with Crippen LogP contribution in [-0.2, 0) is 0 Å². The first-order valence-corrected chi connectivity index (χ1v) is 2.15. The van der Waals surface area contributed by atoms with E-state index in [1.165, 1.54) is 0 Å². The van der Waals surface area contributed by atoms with Gasteiger partial charge in [-0.15, -0.1) is 12.2 Å². The van der Waals surface area contributed by atoms with Crippen molar-refractivity contribution >= 4 is 0 Å². The molecular formula is C7H8. The van der Waals surface area contributed by atoms with E-state index in [-0.39, 0.29) is 0 Å². The quantitative estimate of drug-likeness (QED) is 0.315. The summed E-state index contributed by atoms with van der Waals surface area (Å²) in [5.74, 6) is 2.44. The van der Waals surface area contributed by atoms with E-state index < -0.39 is 0 Å². The Morgan fingerprint density at radius 2 is 2.29 bits per heavy atom. The van der Waals surface area contributed by atoms with Gasteiger partial charge in [0.2, 0.25) is 0 Å². The molecule has 0 heteroatoms. The Morgan fingerprint density at radius 3 is 2.43 bits per heavy atom. The molecule has 0 aliphatic heterocycles. The van der Waals surface area contributed by atoms with Crippen LogP contribution in [0.4, 0.5) is 0 Å². The molecule has 0 bridgehead atoms. The number of allylic oxidation sites excluding steroid dienone is 1. The van der Waals surface area contributed by atoms with E-state index in [0.717, 1.165) is 5.57 Å². The van der Waals surface area contributed by atoms with E-state index in [1.54, 1.807) is 6.08 Å². The van der Waals surface area contributed by atoms with Crippen molar-refractivity contribution in [2.75, 3.05) is 0 Å². The monoisotopic (exact) mass is 92.1 g/mol. The fourth-order valence-electron chi connectivity index (χ4n) is 0.258. The van der Waals surface area contributed by atoms with Gasteiger partial charge in [0.15, 0.2) is 0 Å². The highest BCUT2D eigenvalue weighted by Gasteiger charge is 1.66.